The first-order chi connectivity index (χ1) is 9.76. The van der Waals surface area contributed by atoms with Crippen LogP contribution in [0.4, 0.5) is 11.6 Å². The van der Waals surface area contributed by atoms with Crippen LogP contribution in [0.2, 0.25) is 5.15 Å². The van der Waals surface area contributed by atoms with Crippen molar-refractivity contribution in [2.24, 2.45) is 0 Å². The van der Waals surface area contributed by atoms with Gasteiger partial charge in [-0.1, -0.05) is 11.6 Å². The molecule has 2 rings (SSSR count). The minimum absolute atomic E-state index is 0.242. The lowest BCUT2D eigenvalue weighted by molar-refractivity contribution is 0.00701. The monoisotopic (exact) mass is 309 g/mol. The molecule has 0 fully saturated rings. The van der Waals surface area contributed by atoms with E-state index < -0.39 is 11.6 Å². The topological polar surface area (TPSA) is 92.8 Å². The maximum absolute atomic E-state index is 12.2. The highest BCUT2D eigenvalue weighted by Crippen LogP contribution is 2.23. The maximum atomic E-state index is 12.2. The molecule has 0 bridgehead atoms. The van der Waals surface area contributed by atoms with Crippen LogP contribution in [0, 0.1) is 6.92 Å². The van der Waals surface area contributed by atoms with E-state index in [1.54, 1.807) is 27.7 Å². The van der Waals surface area contributed by atoms with E-state index in [4.69, 9.17) is 16.3 Å². The number of nitrogens with zero attached hydrogens (tertiary/aromatic N) is 3. The fourth-order valence-electron chi connectivity index (χ4n) is 1.62. The molecule has 2 N–H and O–H groups in total. The lowest BCUT2D eigenvalue weighted by atomic mass is 10.2. The normalized spacial score (nSPS) is 11.3. The van der Waals surface area contributed by atoms with Gasteiger partial charge in [-0.15, -0.1) is 0 Å². The van der Waals surface area contributed by atoms with Gasteiger partial charge in [-0.25, -0.2) is 9.78 Å². The third-order valence-corrected chi connectivity index (χ3v) is 2.58. The summed E-state index contributed by atoms with van der Waals surface area (Å²) in [5, 5.41) is 9.93. The number of ether oxygens (including phenoxy) is 1. The van der Waals surface area contributed by atoms with Gasteiger partial charge >= 0.3 is 5.97 Å². The van der Waals surface area contributed by atoms with Crippen LogP contribution in [0.3, 0.4) is 0 Å². The Labute approximate surface area is 127 Å². The highest BCUT2D eigenvalue weighted by atomic mass is 35.5. The van der Waals surface area contributed by atoms with Crippen molar-refractivity contribution in [3.8, 4) is 0 Å². The predicted molar refractivity (Wildman–Crippen MR) is 78.8 cm³/mol. The number of halogens is 1. The lowest BCUT2D eigenvalue weighted by Gasteiger charge is -2.19. The third kappa shape index (κ3) is 3.91. The second kappa shape index (κ2) is 5.69. The number of hydrogen-bond donors (Lipinski definition) is 2. The van der Waals surface area contributed by atoms with Crippen LogP contribution in [0.25, 0.3) is 0 Å². The van der Waals surface area contributed by atoms with E-state index in [0.717, 1.165) is 0 Å². The van der Waals surface area contributed by atoms with Gasteiger partial charge in [0.15, 0.2) is 11.6 Å². The van der Waals surface area contributed by atoms with Crippen LogP contribution in [0.1, 0.15) is 36.8 Å². The van der Waals surface area contributed by atoms with Gasteiger partial charge in [-0.2, -0.15) is 5.10 Å². The Bertz CT molecular complexity index is 663. The van der Waals surface area contributed by atoms with Crippen LogP contribution in [-0.4, -0.2) is 31.7 Å². The molecule has 8 heteroatoms. The van der Waals surface area contributed by atoms with Gasteiger partial charge in [-0.3, -0.25) is 10.1 Å². The van der Waals surface area contributed by atoms with Crippen molar-refractivity contribution in [3.05, 3.63) is 28.8 Å². The van der Waals surface area contributed by atoms with Gasteiger partial charge < -0.3 is 10.1 Å². The predicted octanol–water partition coefficient (Wildman–Crippen LogP) is 2.86. The van der Waals surface area contributed by atoms with E-state index in [1.165, 1.54) is 12.4 Å². The molecule has 0 atom stereocenters. The minimum atomic E-state index is -0.589. The SMILES string of the molecule is Cc1[nH]nc(Nc2cncc(Cl)n2)c1C(=O)OC(C)(C)C. The van der Waals surface area contributed by atoms with Crippen molar-refractivity contribution in [2.75, 3.05) is 5.32 Å². The Balaban J connectivity index is 2.28. The van der Waals surface area contributed by atoms with Crippen LogP contribution in [0.15, 0.2) is 12.4 Å². The van der Waals surface area contributed by atoms with Crippen LogP contribution in [0.5, 0.6) is 0 Å². The van der Waals surface area contributed by atoms with E-state index in [2.05, 4.69) is 25.5 Å². The van der Waals surface area contributed by atoms with Crippen LogP contribution < -0.4 is 5.32 Å². The average molecular weight is 310 g/mol. The number of carbonyl (C=O) groups is 1. The van der Waals surface area contributed by atoms with Gasteiger partial charge in [0.2, 0.25) is 0 Å². The number of nitrogens with one attached hydrogen (secondary N) is 2. The summed E-state index contributed by atoms with van der Waals surface area (Å²) in [4.78, 5) is 20.2. The third-order valence-electron chi connectivity index (χ3n) is 2.40. The second-order valence-corrected chi connectivity index (χ2v) is 5.81. The minimum Gasteiger partial charge on any atom is -0.456 e. The summed E-state index contributed by atoms with van der Waals surface area (Å²) < 4.78 is 5.36. The molecule has 0 saturated heterocycles. The van der Waals surface area contributed by atoms with Crippen LogP contribution in [-0.2, 0) is 4.74 Å². The molecule has 0 saturated carbocycles. The zero-order valence-electron chi connectivity index (χ0n) is 12.2. The number of aromatic nitrogens is 4. The maximum Gasteiger partial charge on any atom is 0.344 e. The molecule has 2 heterocycles. The molecule has 0 unspecified atom stereocenters. The van der Waals surface area contributed by atoms with Gasteiger partial charge in [0.25, 0.3) is 0 Å². The fraction of sp³-hybridized carbons (Fsp3) is 0.385. The van der Waals surface area contributed by atoms with Crippen molar-refractivity contribution in [1.82, 2.24) is 20.2 Å². The summed E-state index contributed by atoms with van der Waals surface area (Å²) in [5.74, 6) is 0.239. The molecule has 0 radical (unpaired) electrons. The zero-order chi connectivity index (χ0) is 15.6. The van der Waals surface area contributed by atoms with E-state index in [-0.39, 0.29) is 5.15 Å². The second-order valence-electron chi connectivity index (χ2n) is 5.43. The van der Waals surface area contributed by atoms with Gasteiger partial charge in [0, 0.05) is 5.69 Å². The summed E-state index contributed by atoms with van der Waals surface area (Å²) in [6.45, 7) is 7.14. The number of carbonyl (C=O) groups excluding carboxylic acids is 1. The summed E-state index contributed by atoms with van der Waals surface area (Å²) in [5.41, 5.74) is 0.335. The Morgan fingerprint density at radius 3 is 2.71 bits per heavy atom. The Morgan fingerprint density at radius 1 is 1.38 bits per heavy atom. The first-order valence-corrected chi connectivity index (χ1v) is 6.67. The molecule has 0 aliphatic carbocycles. The number of H-pyrrole nitrogens is 1. The standard InChI is InChI=1S/C13H16ClN5O2/c1-7-10(12(20)21-13(2,3)4)11(19-18-7)17-9-6-15-5-8(14)16-9/h5-6H,1-4H3,(H2,16,17,18,19). The average Bonchev–Trinajstić information content (AvgIpc) is 2.68. The van der Waals surface area contributed by atoms with Crippen molar-refractivity contribution in [1.29, 1.82) is 0 Å². The summed E-state index contributed by atoms with van der Waals surface area (Å²) >= 11 is 5.77. The molecule has 0 amide bonds. The largest absolute Gasteiger partial charge is 0.456 e. The number of aromatic amines is 1. The molecule has 2 aromatic rings. The van der Waals surface area contributed by atoms with E-state index in [1.807, 2.05) is 0 Å². The highest BCUT2D eigenvalue weighted by Gasteiger charge is 2.24. The first-order valence-electron chi connectivity index (χ1n) is 6.29. The molecule has 0 spiro atoms. The molecular formula is C13H16ClN5O2. The first kappa shape index (κ1) is 15.2. The lowest BCUT2D eigenvalue weighted by Crippen LogP contribution is -2.24. The van der Waals surface area contributed by atoms with Gasteiger partial charge in [-0.05, 0) is 27.7 Å². The summed E-state index contributed by atoms with van der Waals surface area (Å²) in [6, 6.07) is 0. The van der Waals surface area contributed by atoms with Crippen molar-refractivity contribution in [2.45, 2.75) is 33.3 Å². The smallest absolute Gasteiger partial charge is 0.344 e. The quantitative estimate of drug-likeness (QED) is 0.847. The Hall–Kier alpha value is -2.15. The summed E-state index contributed by atoms with van der Waals surface area (Å²) in [6.07, 6.45) is 2.89. The van der Waals surface area contributed by atoms with Crippen molar-refractivity contribution < 1.29 is 9.53 Å². The molecule has 112 valence electrons. The molecule has 2 aromatic heterocycles. The molecule has 0 aliphatic rings. The van der Waals surface area contributed by atoms with Crippen LogP contribution >= 0.6 is 11.6 Å². The number of rotatable bonds is 3. The Kier molecular flexibility index (Phi) is 4.13. The molecule has 7 nitrogen and oxygen atoms in total. The van der Waals surface area contributed by atoms with Gasteiger partial charge in [0.1, 0.15) is 16.3 Å². The fourth-order valence-corrected chi connectivity index (χ4v) is 1.77. The van der Waals surface area contributed by atoms with Gasteiger partial charge in [0.05, 0.1) is 12.4 Å². The molecule has 21 heavy (non-hydrogen) atoms. The number of esters is 1. The highest BCUT2D eigenvalue weighted by molar-refractivity contribution is 6.29. The number of anilines is 2. The molecular weight excluding hydrogens is 294 g/mol. The number of aryl methyl sites for hydroxylation is 1. The summed E-state index contributed by atoms with van der Waals surface area (Å²) in [7, 11) is 0. The van der Waals surface area contributed by atoms with Crippen molar-refractivity contribution in [3.63, 3.8) is 0 Å². The van der Waals surface area contributed by atoms with E-state index in [0.29, 0.717) is 22.9 Å². The Morgan fingerprint density at radius 2 is 2.10 bits per heavy atom. The van der Waals surface area contributed by atoms with Crippen molar-refractivity contribution >= 4 is 29.2 Å². The number of hydrogen-bond acceptors (Lipinski definition) is 6. The zero-order valence-corrected chi connectivity index (χ0v) is 12.9. The van der Waals surface area contributed by atoms with E-state index in [9.17, 15) is 4.79 Å². The molecule has 0 aliphatic heterocycles. The molecule has 0 aromatic carbocycles. The van der Waals surface area contributed by atoms with E-state index >= 15 is 0 Å².